The first-order valence-electron chi connectivity index (χ1n) is 5.87. The summed E-state index contributed by atoms with van der Waals surface area (Å²) in [7, 11) is 0. The fourth-order valence-corrected chi connectivity index (χ4v) is 1.76. The third kappa shape index (κ3) is 2.97. The van der Waals surface area contributed by atoms with E-state index < -0.39 is 10.5 Å². The van der Waals surface area contributed by atoms with Gasteiger partial charge in [-0.25, -0.2) is 4.98 Å². The lowest BCUT2D eigenvalue weighted by molar-refractivity contribution is -0.384. The van der Waals surface area contributed by atoms with Crippen LogP contribution in [0.3, 0.4) is 0 Å². The van der Waals surface area contributed by atoms with E-state index in [9.17, 15) is 15.2 Å². The molecule has 6 nitrogen and oxygen atoms in total. The molecule has 1 aromatic heterocycles. The number of nitrogens with zero attached hydrogens (tertiary/aromatic N) is 2. The second kappa shape index (κ2) is 4.81. The summed E-state index contributed by atoms with van der Waals surface area (Å²) in [6.07, 6.45) is 1.23. The lowest BCUT2D eigenvalue weighted by Gasteiger charge is -2.19. The van der Waals surface area contributed by atoms with Crippen LogP contribution in [0, 0.1) is 10.1 Å². The molecular formula is C13H15N3O3. The van der Waals surface area contributed by atoms with Gasteiger partial charge in [0.05, 0.1) is 16.0 Å². The Morgan fingerprint density at radius 3 is 2.74 bits per heavy atom. The highest BCUT2D eigenvalue weighted by Gasteiger charge is 2.20. The molecule has 0 fully saturated rings. The van der Waals surface area contributed by atoms with E-state index in [2.05, 4.69) is 10.3 Å². The van der Waals surface area contributed by atoms with Crippen LogP contribution < -0.4 is 5.32 Å². The number of benzene rings is 1. The van der Waals surface area contributed by atoms with Crippen molar-refractivity contribution in [3.8, 4) is 0 Å². The van der Waals surface area contributed by atoms with Gasteiger partial charge in [0.15, 0.2) is 0 Å². The van der Waals surface area contributed by atoms with Crippen molar-refractivity contribution in [2.45, 2.75) is 19.4 Å². The number of pyridine rings is 1. The highest BCUT2D eigenvalue weighted by molar-refractivity contribution is 5.95. The first kappa shape index (κ1) is 13.2. The minimum atomic E-state index is -0.960. The van der Waals surface area contributed by atoms with E-state index in [4.69, 9.17) is 0 Å². The zero-order valence-electron chi connectivity index (χ0n) is 10.8. The maximum absolute atomic E-state index is 11.1. The first-order valence-corrected chi connectivity index (χ1v) is 5.87. The molecule has 0 spiro atoms. The molecule has 0 aliphatic rings. The van der Waals surface area contributed by atoms with Gasteiger partial charge in [-0.2, -0.15) is 0 Å². The second-order valence-electron chi connectivity index (χ2n) is 4.96. The van der Waals surface area contributed by atoms with Crippen molar-refractivity contribution >= 4 is 22.3 Å². The molecule has 0 radical (unpaired) electrons. The summed E-state index contributed by atoms with van der Waals surface area (Å²) in [6, 6.07) is 7.17. The molecule has 0 saturated carbocycles. The maximum Gasteiger partial charge on any atom is 0.311 e. The van der Waals surface area contributed by atoms with E-state index in [0.29, 0.717) is 16.6 Å². The fraction of sp³-hybridized carbons (Fsp3) is 0.308. The Kier molecular flexibility index (Phi) is 3.35. The Balaban J connectivity index is 2.53. The molecule has 0 aliphatic heterocycles. The molecule has 0 bridgehead atoms. The number of aromatic nitrogens is 1. The van der Waals surface area contributed by atoms with Crippen LogP contribution in [0.1, 0.15) is 13.8 Å². The van der Waals surface area contributed by atoms with Gasteiger partial charge in [-0.15, -0.1) is 0 Å². The summed E-state index contributed by atoms with van der Waals surface area (Å²) in [4.78, 5) is 14.6. The minimum Gasteiger partial charge on any atom is -0.389 e. The Bertz CT molecular complexity index is 620. The summed E-state index contributed by atoms with van der Waals surface area (Å²) in [5, 5.41) is 24.4. The quantitative estimate of drug-likeness (QED) is 0.651. The second-order valence-corrected chi connectivity index (χ2v) is 4.96. The normalized spacial score (nSPS) is 11.5. The number of rotatable bonds is 4. The summed E-state index contributed by atoms with van der Waals surface area (Å²) in [6.45, 7) is 3.48. The predicted molar refractivity (Wildman–Crippen MR) is 73.2 cm³/mol. The van der Waals surface area contributed by atoms with Crippen LogP contribution in [0.15, 0.2) is 30.5 Å². The van der Waals surface area contributed by atoms with Crippen LogP contribution in [-0.2, 0) is 0 Å². The van der Waals surface area contributed by atoms with Gasteiger partial charge in [0.25, 0.3) is 0 Å². The van der Waals surface area contributed by atoms with Crippen molar-refractivity contribution in [2.75, 3.05) is 11.9 Å². The van der Waals surface area contributed by atoms with Crippen LogP contribution in [0.5, 0.6) is 0 Å². The molecule has 0 amide bonds. The van der Waals surface area contributed by atoms with E-state index in [1.807, 2.05) is 6.07 Å². The van der Waals surface area contributed by atoms with Crippen LogP contribution in [-0.4, -0.2) is 27.2 Å². The number of anilines is 1. The first-order chi connectivity index (χ1) is 8.88. The van der Waals surface area contributed by atoms with E-state index in [-0.39, 0.29) is 12.2 Å². The summed E-state index contributed by atoms with van der Waals surface area (Å²) < 4.78 is 0. The molecular weight excluding hydrogens is 246 g/mol. The zero-order valence-corrected chi connectivity index (χ0v) is 10.8. The van der Waals surface area contributed by atoms with E-state index in [1.165, 1.54) is 6.20 Å². The average Bonchev–Trinajstić information content (AvgIpc) is 2.34. The van der Waals surface area contributed by atoms with Crippen LogP contribution in [0.2, 0.25) is 0 Å². The SMILES string of the molecule is CC(C)(O)CNc1c([N+](=O)[O-])cnc2ccccc12. The van der Waals surface area contributed by atoms with Crippen molar-refractivity contribution in [2.24, 2.45) is 0 Å². The maximum atomic E-state index is 11.1. The smallest absolute Gasteiger partial charge is 0.311 e. The van der Waals surface area contributed by atoms with Gasteiger partial charge in [-0.3, -0.25) is 10.1 Å². The summed E-state index contributed by atoms with van der Waals surface area (Å²) in [5.41, 5.74) is 0.00476. The zero-order chi connectivity index (χ0) is 14.0. The molecule has 2 rings (SSSR count). The molecule has 0 unspecified atom stereocenters. The Morgan fingerprint density at radius 2 is 2.11 bits per heavy atom. The Labute approximate surface area is 110 Å². The topological polar surface area (TPSA) is 88.3 Å². The van der Waals surface area contributed by atoms with Gasteiger partial charge in [-0.1, -0.05) is 18.2 Å². The standard InChI is InChI=1S/C13H15N3O3/c1-13(2,17)8-15-12-9-5-3-4-6-10(9)14-7-11(12)16(18)19/h3-7,17H,8H2,1-2H3,(H,14,15). The average molecular weight is 261 g/mol. The van der Waals surface area contributed by atoms with Crippen molar-refractivity contribution in [3.05, 3.63) is 40.6 Å². The monoisotopic (exact) mass is 261 g/mol. The van der Waals surface area contributed by atoms with Crippen LogP contribution in [0.25, 0.3) is 10.9 Å². The van der Waals surface area contributed by atoms with Gasteiger partial charge in [0.2, 0.25) is 0 Å². The Morgan fingerprint density at radius 1 is 1.42 bits per heavy atom. The molecule has 1 aromatic carbocycles. The summed E-state index contributed by atoms with van der Waals surface area (Å²) >= 11 is 0. The summed E-state index contributed by atoms with van der Waals surface area (Å²) in [5.74, 6) is 0. The van der Waals surface area contributed by atoms with Crippen LogP contribution in [0.4, 0.5) is 11.4 Å². The van der Waals surface area contributed by atoms with Gasteiger partial charge in [-0.05, 0) is 19.9 Å². The molecule has 0 saturated heterocycles. The molecule has 19 heavy (non-hydrogen) atoms. The highest BCUT2D eigenvalue weighted by atomic mass is 16.6. The number of nitrogens with one attached hydrogen (secondary N) is 1. The third-order valence-electron chi connectivity index (χ3n) is 2.65. The number of para-hydroxylation sites is 1. The van der Waals surface area contributed by atoms with E-state index >= 15 is 0 Å². The number of hydrogen-bond donors (Lipinski definition) is 2. The van der Waals surface area contributed by atoms with E-state index in [1.54, 1.807) is 32.0 Å². The predicted octanol–water partition coefficient (Wildman–Crippen LogP) is 2.33. The molecule has 100 valence electrons. The van der Waals surface area contributed by atoms with Gasteiger partial charge in [0, 0.05) is 11.9 Å². The molecule has 2 aromatic rings. The number of hydrogen-bond acceptors (Lipinski definition) is 5. The number of aliphatic hydroxyl groups is 1. The molecule has 6 heteroatoms. The Hall–Kier alpha value is -2.21. The fourth-order valence-electron chi connectivity index (χ4n) is 1.76. The van der Waals surface area contributed by atoms with E-state index in [0.717, 1.165) is 0 Å². The van der Waals surface area contributed by atoms with Gasteiger partial charge in [0.1, 0.15) is 11.9 Å². The molecule has 2 N–H and O–H groups in total. The van der Waals surface area contributed by atoms with Gasteiger partial charge >= 0.3 is 5.69 Å². The van der Waals surface area contributed by atoms with Crippen LogP contribution >= 0.6 is 0 Å². The van der Waals surface area contributed by atoms with Crippen molar-refractivity contribution < 1.29 is 10.0 Å². The van der Waals surface area contributed by atoms with Gasteiger partial charge < -0.3 is 10.4 Å². The highest BCUT2D eigenvalue weighted by Crippen LogP contribution is 2.31. The van der Waals surface area contributed by atoms with Crippen molar-refractivity contribution in [1.29, 1.82) is 0 Å². The largest absolute Gasteiger partial charge is 0.389 e. The minimum absolute atomic E-state index is 0.0945. The molecule has 0 aliphatic carbocycles. The van der Waals surface area contributed by atoms with Crippen molar-refractivity contribution in [1.82, 2.24) is 4.98 Å². The van der Waals surface area contributed by atoms with Crippen molar-refractivity contribution in [3.63, 3.8) is 0 Å². The number of nitro groups is 1. The lowest BCUT2D eigenvalue weighted by atomic mass is 10.1. The molecule has 0 atom stereocenters. The molecule has 1 heterocycles. The lowest BCUT2D eigenvalue weighted by Crippen LogP contribution is -2.29. The third-order valence-corrected chi connectivity index (χ3v) is 2.65. The number of fused-ring (bicyclic) bond motifs is 1.